The molecule has 0 fully saturated rings. The van der Waals surface area contributed by atoms with E-state index in [0.717, 1.165) is 6.92 Å². The fourth-order valence-corrected chi connectivity index (χ4v) is 1.06. The summed E-state index contributed by atoms with van der Waals surface area (Å²) in [5.74, 6) is -1.67. The zero-order valence-corrected chi connectivity index (χ0v) is 8.32. The van der Waals surface area contributed by atoms with Crippen LogP contribution in [0.4, 0.5) is 19.0 Å². The maximum Gasteiger partial charge on any atom is 0.573 e. The molecule has 1 rings (SSSR count). The summed E-state index contributed by atoms with van der Waals surface area (Å²) in [5, 5.41) is 10.5. The van der Waals surface area contributed by atoms with Gasteiger partial charge >= 0.3 is 12.2 Å². The van der Waals surface area contributed by atoms with Gasteiger partial charge in [-0.15, -0.1) is 13.2 Å². The Morgan fingerprint density at radius 3 is 2.53 bits per heavy atom. The van der Waals surface area contributed by atoms with Crippen molar-refractivity contribution in [3.63, 3.8) is 0 Å². The highest BCUT2D eigenvalue weighted by Crippen LogP contribution is 2.30. The number of pyridine rings is 1. The Balaban J connectivity index is 3.34. The van der Waals surface area contributed by atoms with E-state index in [1.54, 1.807) is 0 Å². The molecule has 0 aliphatic carbocycles. The van der Waals surface area contributed by atoms with Crippen molar-refractivity contribution in [1.82, 2.24) is 4.98 Å². The van der Waals surface area contributed by atoms with E-state index >= 15 is 0 Å². The number of alkyl halides is 3. The van der Waals surface area contributed by atoms with Gasteiger partial charge in [0.05, 0.1) is 5.56 Å². The topological polar surface area (TPSA) is 82.3 Å². The Morgan fingerprint density at radius 1 is 1.53 bits per heavy atom. The zero-order chi connectivity index (χ0) is 13.2. The van der Waals surface area contributed by atoms with Crippen LogP contribution < -0.4 is 4.74 Å². The van der Waals surface area contributed by atoms with Crippen LogP contribution in [0.15, 0.2) is 6.07 Å². The van der Waals surface area contributed by atoms with Crippen molar-refractivity contribution in [3.05, 3.63) is 27.4 Å². The van der Waals surface area contributed by atoms with E-state index in [1.807, 2.05) is 0 Å². The van der Waals surface area contributed by atoms with Crippen LogP contribution in [-0.4, -0.2) is 22.6 Å². The van der Waals surface area contributed by atoms with Crippen LogP contribution in [0.3, 0.4) is 0 Å². The number of nitro groups is 1. The summed E-state index contributed by atoms with van der Waals surface area (Å²) in [4.78, 5) is 23.2. The zero-order valence-electron chi connectivity index (χ0n) is 8.32. The van der Waals surface area contributed by atoms with Crippen molar-refractivity contribution in [2.24, 2.45) is 0 Å². The van der Waals surface area contributed by atoms with Crippen molar-refractivity contribution in [2.75, 3.05) is 0 Å². The minimum absolute atomic E-state index is 0.0929. The minimum Gasteiger partial charge on any atom is -0.405 e. The Bertz CT molecular complexity index is 473. The molecule has 17 heavy (non-hydrogen) atoms. The van der Waals surface area contributed by atoms with Gasteiger partial charge in [-0.3, -0.25) is 4.79 Å². The molecular weight excluding hydrogens is 245 g/mol. The third-order valence-corrected chi connectivity index (χ3v) is 1.74. The molecule has 0 saturated heterocycles. The van der Waals surface area contributed by atoms with E-state index in [9.17, 15) is 28.1 Å². The second-order valence-electron chi connectivity index (χ2n) is 2.92. The molecular formula is C8H5F3N2O4. The van der Waals surface area contributed by atoms with Gasteiger partial charge in [-0.05, 0) is 16.8 Å². The minimum atomic E-state index is -5.00. The number of carbonyl (C=O) groups excluding carboxylic acids is 1. The molecule has 0 spiro atoms. The molecule has 0 aromatic carbocycles. The van der Waals surface area contributed by atoms with Crippen LogP contribution in [0, 0.1) is 17.0 Å². The van der Waals surface area contributed by atoms with E-state index in [0.29, 0.717) is 6.07 Å². The summed E-state index contributed by atoms with van der Waals surface area (Å²) in [7, 11) is 0. The summed E-state index contributed by atoms with van der Waals surface area (Å²) < 4.78 is 39.5. The second-order valence-corrected chi connectivity index (χ2v) is 2.92. The molecule has 0 N–H and O–H groups in total. The maximum absolute atomic E-state index is 12.0. The Labute approximate surface area is 92.2 Å². The Kier molecular flexibility index (Phi) is 3.30. The SMILES string of the molecule is Cc1c(OC(F)(F)F)cc(C=O)nc1[N+](=O)[O-]. The summed E-state index contributed by atoms with van der Waals surface area (Å²) in [6, 6.07) is 0.683. The quantitative estimate of drug-likeness (QED) is 0.465. The number of carbonyl (C=O) groups is 1. The number of rotatable bonds is 3. The molecule has 0 bridgehead atoms. The largest absolute Gasteiger partial charge is 0.573 e. The molecule has 0 aliphatic heterocycles. The molecule has 0 radical (unpaired) electrons. The number of hydrogen-bond donors (Lipinski definition) is 0. The summed E-state index contributed by atoms with van der Waals surface area (Å²) in [6.07, 6.45) is -4.91. The van der Waals surface area contributed by atoms with Crippen LogP contribution in [0.1, 0.15) is 16.1 Å². The van der Waals surface area contributed by atoms with E-state index in [2.05, 4.69) is 9.72 Å². The van der Waals surface area contributed by atoms with Crippen molar-refractivity contribution >= 4 is 12.1 Å². The Hall–Kier alpha value is -2.19. The van der Waals surface area contributed by atoms with Gasteiger partial charge in [0, 0.05) is 6.07 Å². The maximum atomic E-state index is 12.0. The molecule has 0 unspecified atom stereocenters. The van der Waals surface area contributed by atoms with Crippen LogP contribution in [-0.2, 0) is 0 Å². The lowest BCUT2D eigenvalue weighted by molar-refractivity contribution is -0.390. The van der Waals surface area contributed by atoms with E-state index in [4.69, 9.17) is 0 Å². The molecule has 9 heteroatoms. The molecule has 1 heterocycles. The number of ether oxygens (including phenoxy) is 1. The van der Waals surface area contributed by atoms with Crippen molar-refractivity contribution < 1.29 is 27.6 Å². The average molecular weight is 250 g/mol. The summed E-state index contributed by atoms with van der Waals surface area (Å²) >= 11 is 0. The molecule has 0 atom stereocenters. The lowest BCUT2D eigenvalue weighted by Gasteiger charge is -2.10. The standard InChI is InChI=1S/C8H5F3N2O4/c1-4-6(17-8(9,10)11)2-5(3-14)12-7(4)13(15)16/h2-3H,1H3. The summed E-state index contributed by atoms with van der Waals surface area (Å²) in [6.45, 7) is 1.04. The van der Waals surface area contributed by atoms with Crippen LogP contribution >= 0.6 is 0 Å². The molecule has 1 aromatic heterocycles. The van der Waals surface area contributed by atoms with Gasteiger partial charge in [0.2, 0.25) is 5.69 Å². The highest BCUT2D eigenvalue weighted by atomic mass is 19.4. The average Bonchev–Trinajstić information content (AvgIpc) is 2.18. The van der Waals surface area contributed by atoms with Gasteiger partial charge in [-0.1, -0.05) is 0 Å². The van der Waals surface area contributed by atoms with Gasteiger partial charge in [-0.2, -0.15) is 0 Å². The lowest BCUT2D eigenvalue weighted by Crippen LogP contribution is -2.18. The molecule has 0 saturated carbocycles. The van der Waals surface area contributed by atoms with E-state index in [-0.39, 0.29) is 6.29 Å². The molecule has 1 aromatic rings. The highest BCUT2D eigenvalue weighted by Gasteiger charge is 2.34. The third-order valence-electron chi connectivity index (χ3n) is 1.74. The fraction of sp³-hybridized carbons (Fsp3) is 0.250. The van der Waals surface area contributed by atoms with Gasteiger partial charge < -0.3 is 14.9 Å². The first-order chi connectivity index (χ1) is 7.74. The second kappa shape index (κ2) is 4.36. The molecule has 92 valence electrons. The van der Waals surface area contributed by atoms with Crippen molar-refractivity contribution in [2.45, 2.75) is 13.3 Å². The Morgan fingerprint density at radius 2 is 2.12 bits per heavy atom. The van der Waals surface area contributed by atoms with Crippen molar-refractivity contribution in [1.29, 1.82) is 0 Å². The number of nitrogens with zero attached hydrogens (tertiary/aromatic N) is 2. The molecule has 0 aliphatic rings. The predicted octanol–water partition coefficient (Wildman–Crippen LogP) is 2.01. The number of aromatic nitrogens is 1. The fourth-order valence-electron chi connectivity index (χ4n) is 1.06. The predicted molar refractivity (Wildman–Crippen MR) is 47.7 cm³/mol. The van der Waals surface area contributed by atoms with Crippen LogP contribution in [0.2, 0.25) is 0 Å². The van der Waals surface area contributed by atoms with E-state index < -0.39 is 34.1 Å². The smallest absolute Gasteiger partial charge is 0.405 e. The normalized spacial score (nSPS) is 11.1. The molecule has 6 nitrogen and oxygen atoms in total. The lowest BCUT2D eigenvalue weighted by atomic mass is 10.2. The first kappa shape index (κ1) is 12.9. The van der Waals surface area contributed by atoms with Crippen LogP contribution in [0.5, 0.6) is 5.75 Å². The number of aldehydes is 1. The summed E-state index contributed by atoms with van der Waals surface area (Å²) in [5.41, 5.74) is -0.917. The van der Waals surface area contributed by atoms with Gasteiger partial charge in [0.1, 0.15) is 5.75 Å². The van der Waals surface area contributed by atoms with Gasteiger partial charge in [-0.25, -0.2) is 0 Å². The number of hydrogen-bond acceptors (Lipinski definition) is 5. The monoisotopic (exact) mass is 250 g/mol. The third kappa shape index (κ3) is 3.13. The number of halogens is 3. The van der Waals surface area contributed by atoms with Crippen LogP contribution in [0.25, 0.3) is 0 Å². The first-order valence-corrected chi connectivity index (χ1v) is 4.11. The van der Waals surface area contributed by atoms with E-state index in [1.165, 1.54) is 0 Å². The first-order valence-electron chi connectivity index (χ1n) is 4.11. The van der Waals surface area contributed by atoms with Gasteiger partial charge in [0.25, 0.3) is 0 Å². The van der Waals surface area contributed by atoms with Crippen molar-refractivity contribution in [3.8, 4) is 5.75 Å². The van der Waals surface area contributed by atoms with Gasteiger partial charge in [0.15, 0.2) is 6.29 Å². The highest BCUT2D eigenvalue weighted by molar-refractivity contribution is 5.74. The molecule has 0 amide bonds.